The number of rotatable bonds is 4. The van der Waals surface area contributed by atoms with Crippen LogP contribution >= 0.6 is 11.3 Å². The van der Waals surface area contributed by atoms with Gasteiger partial charge in [0, 0.05) is 17.3 Å². The van der Waals surface area contributed by atoms with Gasteiger partial charge in [0.05, 0.1) is 22.6 Å². The lowest BCUT2D eigenvalue weighted by Gasteiger charge is -2.09. The Bertz CT molecular complexity index is 890. The standard InChI is InChI=1S/C18H18N4OS/c1-11-9-16(13-3-4-13)22(21-11)15-7-5-14(6-8-15)20-18(23)17-12(2)19-10-24-17/h5-10,13H,3-4H2,1-2H3,(H,20,23). The number of thiazole rings is 1. The summed E-state index contributed by atoms with van der Waals surface area (Å²) in [5, 5.41) is 7.53. The van der Waals surface area contributed by atoms with Crippen LogP contribution in [0.5, 0.6) is 0 Å². The van der Waals surface area contributed by atoms with Crippen molar-refractivity contribution in [2.75, 3.05) is 5.32 Å². The second-order valence-electron chi connectivity index (χ2n) is 6.16. The second-order valence-corrected chi connectivity index (χ2v) is 7.02. The van der Waals surface area contributed by atoms with E-state index in [0.29, 0.717) is 10.8 Å². The minimum Gasteiger partial charge on any atom is -0.321 e. The van der Waals surface area contributed by atoms with E-state index in [0.717, 1.165) is 22.8 Å². The lowest BCUT2D eigenvalue weighted by Crippen LogP contribution is -2.11. The fraction of sp³-hybridized carbons (Fsp3) is 0.278. The normalized spacial score (nSPS) is 13.9. The average Bonchev–Trinajstić information content (AvgIpc) is 3.21. The highest BCUT2D eigenvalue weighted by Crippen LogP contribution is 2.41. The van der Waals surface area contributed by atoms with Gasteiger partial charge in [-0.2, -0.15) is 5.10 Å². The SMILES string of the molecule is Cc1cc(C2CC2)n(-c2ccc(NC(=O)c3scnc3C)cc2)n1. The zero-order chi connectivity index (χ0) is 16.7. The van der Waals surface area contributed by atoms with E-state index in [2.05, 4.69) is 21.5 Å². The molecule has 1 amide bonds. The van der Waals surface area contributed by atoms with E-state index >= 15 is 0 Å². The molecule has 2 heterocycles. The maximum Gasteiger partial charge on any atom is 0.267 e. The van der Waals surface area contributed by atoms with Gasteiger partial charge in [0.15, 0.2) is 0 Å². The predicted octanol–water partition coefficient (Wildman–Crippen LogP) is 4.08. The number of nitrogens with zero attached hydrogens (tertiary/aromatic N) is 3. The van der Waals surface area contributed by atoms with Gasteiger partial charge < -0.3 is 5.32 Å². The monoisotopic (exact) mass is 338 g/mol. The van der Waals surface area contributed by atoms with Gasteiger partial charge in [-0.3, -0.25) is 4.79 Å². The molecule has 0 bridgehead atoms. The molecule has 24 heavy (non-hydrogen) atoms. The van der Waals surface area contributed by atoms with Crippen LogP contribution in [0.1, 0.15) is 45.5 Å². The molecule has 5 nitrogen and oxygen atoms in total. The summed E-state index contributed by atoms with van der Waals surface area (Å²) in [7, 11) is 0. The van der Waals surface area contributed by atoms with Crippen LogP contribution in [-0.4, -0.2) is 20.7 Å². The number of benzene rings is 1. The molecule has 0 spiro atoms. The lowest BCUT2D eigenvalue weighted by molar-refractivity contribution is 0.103. The average molecular weight is 338 g/mol. The fourth-order valence-corrected chi connectivity index (χ4v) is 3.49. The first-order valence-electron chi connectivity index (χ1n) is 8.00. The zero-order valence-corrected chi connectivity index (χ0v) is 14.4. The number of hydrogen-bond acceptors (Lipinski definition) is 4. The Labute approximate surface area is 144 Å². The molecule has 1 aliphatic rings. The maximum absolute atomic E-state index is 12.2. The highest BCUT2D eigenvalue weighted by molar-refractivity contribution is 7.12. The molecule has 1 aliphatic carbocycles. The third-order valence-electron chi connectivity index (χ3n) is 4.18. The summed E-state index contributed by atoms with van der Waals surface area (Å²) in [6.07, 6.45) is 2.49. The number of aryl methyl sites for hydroxylation is 2. The maximum atomic E-state index is 12.2. The molecule has 0 unspecified atom stereocenters. The third-order valence-corrected chi connectivity index (χ3v) is 5.10. The molecule has 0 aliphatic heterocycles. The molecule has 4 rings (SSSR count). The van der Waals surface area contributed by atoms with E-state index in [9.17, 15) is 4.79 Å². The summed E-state index contributed by atoms with van der Waals surface area (Å²) in [5.41, 5.74) is 6.56. The Morgan fingerprint density at radius 1 is 1.25 bits per heavy atom. The molecule has 2 aromatic heterocycles. The number of nitrogens with one attached hydrogen (secondary N) is 1. The molecule has 0 saturated heterocycles. The van der Waals surface area contributed by atoms with Crippen molar-refractivity contribution < 1.29 is 4.79 Å². The van der Waals surface area contributed by atoms with Crippen molar-refractivity contribution in [3.05, 3.63) is 57.8 Å². The molecule has 3 aromatic rings. The van der Waals surface area contributed by atoms with Crippen LogP contribution in [0.3, 0.4) is 0 Å². The van der Waals surface area contributed by atoms with Crippen molar-refractivity contribution in [1.29, 1.82) is 0 Å². The van der Waals surface area contributed by atoms with E-state index in [-0.39, 0.29) is 5.91 Å². The second kappa shape index (κ2) is 5.87. The smallest absolute Gasteiger partial charge is 0.267 e. The number of anilines is 1. The molecular weight excluding hydrogens is 320 g/mol. The summed E-state index contributed by atoms with van der Waals surface area (Å²) in [6, 6.07) is 9.98. The van der Waals surface area contributed by atoms with Gasteiger partial charge in [0.1, 0.15) is 4.88 Å². The van der Waals surface area contributed by atoms with E-state index in [4.69, 9.17) is 0 Å². The topological polar surface area (TPSA) is 59.8 Å². The molecule has 1 fully saturated rings. The fourth-order valence-electron chi connectivity index (χ4n) is 2.79. The van der Waals surface area contributed by atoms with Crippen molar-refractivity contribution >= 4 is 22.9 Å². The van der Waals surface area contributed by atoms with Crippen LogP contribution in [0.15, 0.2) is 35.8 Å². The molecular formula is C18H18N4OS. The van der Waals surface area contributed by atoms with Crippen LogP contribution < -0.4 is 5.32 Å². The number of carbonyl (C=O) groups is 1. The van der Waals surface area contributed by atoms with Crippen LogP contribution in [0.2, 0.25) is 0 Å². The van der Waals surface area contributed by atoms with Crippen molar-refractivity contribution in [3.63, 3.8) is 0 Å². The lowest BCUT2D eigenvalue weighted by atomic mass is 10.2. The molecule has 1 N–H and O–H groups in total. The zero-order valence-electron chi connectivity index (χ0n) is 13.6. The van der Waals surface area contributed by atoms with Gasteiger partial charge >= 0.3 is 0 Å². The van der Waals surface area contributed by atoms with Gasteiger partial charge in [0.2, 0.25) is 0 Å². The summed E-state index contributed by atoms with van der Waals surface area (Å²) >= 11 is 1.35. The Balaban J connectivity index is 1.55. The van der Waals surface area contributed by atoms with Crippen LogP contribution in [0, 0.1) is 13.8 Å². The predicted molar refractivity (Wildman–Crippen MR) is 95.1 cm³/mol. The van der Waals surface area contributed by atoms with Crippen LogP contribution in [-0.2, 0) is 0 Å². The van der Waals surface area contributed by atoms with Gasteiger partial charge in [-0.15, -0.1) is 11.3 Å². The minimum atomic E-state index is -0.114. The van der Waals surface area contributed by atoms with Crippen LogP contribution in [0.25, 0.3) is 5.69 Å². The number of aromatic nitrogens is 3. The van der Waals surface area contributed by atoms with Crippen molar-refractivity contribution in [2.45, 2.75) is 32.6 Å². The van der Waals surface area contributed by atoms with E-state index in [1.54, 1.807) is 5.51 Å². The number of hydrogen-bond donors (Lipinski definition) is 1. The summed E-state index contributed by atoms with van der Waals surface area (Å²) in [6.45, 7) is 3.86. The Hall–Kier alpha value is -2.47. The Morgan fingerprint density at radius 2 is 2.00 bits per heavy atom. The first-order chi connectivity index (χ1) is 11.6. The quantitative estimate of drug-likeness (QED) is 0.780. The third kappa shape index (κ3) is 2.85. The first-order valence-corrected chi connectivity index (χ1v) is 8.88. The van der Waals surface area contributed by atoms with Gasteiger partial charge in [-0.1, -0.05) is 0 Å². The molecule has 0 radical (unpaired) electrons. The molecule has 0 atom stereocenters. The van der Waals surface area contributed by atoms with Crippen molar-refractivity contribution in [3.8, 4) is 5.69 Å². The summed E-state index contributed by atoms with van der Waals surface area (Å²) < 4.78 is 2.02. The minimum absolute atomic E-state index is 0.114. The molecule has 6 heteroatoms. The first kappa shape index (κ1) is 15.1. The number of carbonyl (C=O) groups excluding carboxylic acids is 1. The Kier molecular flexibility index (Phi) is 3.69. The molecule has 1 aromatic carbocycles. The van der Waals surface area contributed by atoms with Crippen molar-refractivity contribution in [1.82, 2.24) is 14.8 Å². The largest absolute Gasteiger partial charge is 0.321 e. The Morgan fingerprint density at radius 3 is 2.62 bits per heavy atom. The summed E-state index contributed by atoms with van der Waals surface area (Å²) in [5.74, 6) is 0.524. The van der Waals surface area contributed by atoms with Gasteiger partial charge in [0.25, 0.3) is 5.91 Å². The van der Waals surface area contributed by atoms with Gasteiger partial charge in [-0.05, 0) is 57.0 Å². The van der Waals surface area contributed by atoms with E-state index < -0.39 is 0 Å². The number of amides is 1. The highest BCUT2D eigenvalue weighted by Gasteiger charge is 2.28. The van der Waals surface area contributed by atoms with E-state index in [1.807, 2.05) is 42.8 Å². The molecule has 1 saturated carbocycles. The van der Waals surface area contributed by atoms with E-state index in [1.165, 1.54) is 29.9 Å². The highest BCUT2D eigenvalue weighted by atomic mass is 32.1. The summed E-state index contributed by atoms with van der Waals surface area (Å²) in [4.78, 5) is 17.0. The van der Waals surface area contributed by atoms with Crippen LogP contribution in [0.4, 0.5) is 5.69 Å². The van der Waals surface area contributed by atoms with Gasteiger partial charge in [-0.25, -0.2) is 9.67 Å². The van der Waals surface area contributed by atoms with Crippen molar-refractivity contribution in [2.24, 2.45) is 0 Å². The molecule has 122 valence electrons.